The number of nitriles is 1. The third-order valence-corrected chi connectivity index (χ3v) is 5.90. The van der Waals surface area contributed by atoms with Crippen LogP contribution < -0.4 is 5.69 Å². The van der Waals surface area contributed by atoms with Gasteiger partial charge in [-0.1, -0.05) is 29.5 Å². The first-order chi connectivity index (χ1) is 17.1. The Hall–Kier alpha value is -5.04. The summed E-state index contributed by atoms with van der Waals surface area (Å²) in [7, 11) is 0. The van der Waals surface area contributed by atoms with Crippen molar-refractivity contribution in [3.63, 3.8) is 0 Å². The van der Waals surface area contributed by atoms with Gasteiger partial charge in [0.1, 0.15) is 5.52 Å². The van der Waals surface area contributed by atoms with Crippen molar-refractivity contribution < 1.29 is 4.39 Å². The lowest BCUT2D eigenvalue weighted by Crippen LogP contribution is -2.04. The second-order valence-corrected chi connectivity index (χ2v) is 8.16. The second-order valence-electron chi connectivity index (χ2n) is 8.16. The highest BCUT2D eigenvalue weighted by molar-refractivity contribution is 5.84. The number of benzene rings is 3. The molecule has 6 aromatic rings. The van der Waals surface area contributed by atoms with Gasteiger partial charge in [0.2, 0.25) is 0 Å². The molecule has 0 fully saturated rings. The standard InChI is InChI=1S/C25H17FN8O/c26-19-11-17(22-8-10-28-33(22)14-16-3-1-15(2-4-16)7-9-27)12-23-24(19)31-32-34(23)18-5-6-20-21(13-18)30-25(35)29-20/h1-6,8,10-13H,7,14H2,(H2,29,30,35). The van der Waals surface area contributed by atoms with E-state index in [0.717, 1.165) is 16.8 Å². The summed E-state index contributed by atoms with van der Waals surface area (Å²) in [6.07, 6.45) is 2.04. The minimum Gasteiger partial charge on any atom is -0.306 e. The fourth-order valence-corrected chi connectivity index (χ4v) is 4.20. The number of aromatic amines is 2. The predicted octanol–water partition coefficient (Wildman–Crippen LogP) is 3.71. The van der Waals surface area contributed by atoms with Crippen LogP contribution >= 0.6 is 0 Å². The molecule has 170 valence electrons. The number of H-pyrrole nitrogens is 2. The lowest BCUT2D eigenvalue weighted by molar-refractivity contribution is 0.635. The Morgan fingerprint density at radius 1 is 0.971 bits per heavy atom. The van der Waals surface area contributed by atoms with E-state index >= 15 is 4.39 Å². The molecule has 0 radical (unpaired) electrons. The van der Waals surface area contributed by atoms with Gasteiger partial charge in [0.05, 0.1) is 47.0 Å². The van der Waals surface area contributed by atoms with Crippen LogP contribution in [0.25, 0.3) is 39.0 Å². The van der Waals surface area contributed by atoms with E-state index in [1.807, 2.05) is 36.4 Å². The topological polar surface area (TPSA) is 121 Å². The van der Waals surface area contributed by atoms with Crippen molar-refractivity contribution in [2.24, 2.45) is 0 Å². The van der Waals surface area contributed by atoms with Crippen LogP contribution in [0.3, 0.4) is 0 Å². The molecule has 0 spiro atoms. The molecule has 0 bridgehead atoms. The molecule has 2 N–H and O–H groups in total. The number of nitrogens with one attached hydrogen (secondary N) is 2. The van der Waals surface area contributed by atoms with Crippen LogP contribution in [-0.4, -0.2) is 34.7 Å². The van der Waals surface area contributed by atoms with Crippen LogP contribution in [0, 0.1) is 17.1 Å². The van der Waals surface area contributed by atoms with E-state index in [1.165, 1.54) is 6.07 Å². The minimum atomic E-state index is -0.492. The monoisotopic (exact) mass is 464 g/mol. The minimum absolute atomic E-state index is 0.149. The fraction of sp³-hybridized carbons (Fsp3) is 0.0800. The summed E-state index contributed by atoms with van der Waals surface area (Å²) in [6.45, 7) is 0.490. The molecule has 0 unspecified atom stereocenters. The quantitative estimate of drug-likeness (QED) is 0.403. The highest BCUT2D eigenvalue weighted by Gasteiger charge is 2.16. The molecule has 0 aliphatic carbocycles. The Morgan fingerprint density at radius 3 is 2.60 bits per heavy atom. The Bertz CT molecular complexity index is 1800. The van der Waals surface area contributed by atoms with Crippen molar-refractivity contribution in [1.82, 2.24) is 34.7 Å². The van der Waals surface area contributed by atoms with Crippen molar-refractivity contribution in [2.45, 2.75) is 13.0 Å². The zero-order valence-electron chi connectivity index (χ0n) is 18.2. The summed E-state index contributed by atoms with van der Waals surface area (Å²) in [4.78, 5) is 17.0. The van der Waals surface area contributed by atoms with E-state index < -0.39 is 5.82 Å². The Morgan fingerprint density at radius 2 is 1.77 bits per heavy atom. The third kappa shape index (κ3) is 3.65. The van der Waals surface area contributed by atoms with Gasteiger partial charge in [-0.3, -0.25) is 4.68 Å². The Labute approximate surface area is 197 Å². The van der Waals surface area contributed by atoms with Crippen LogP contribution in [0.4, 0.5) is 4.39 Å². The van der Waals surface area contributed by atoms with Crippen LogP contribution in [0.5, 0.6) is 0 Å². The van der Waals surface area contributed by atoms with Gasteiger partial charge in [0, 0.05) is 11.8 Å². The molecule has 6 rings (SSSR count). The molecule has 0 atom stereocenters. The maximum Gasteiger partial charge on any atom is 0.323 e. The van der Waals surface area contributed by atoms with Gasteiger partial charge in [0.15, 0.2) is 5.82 Å². The van der Waals surface area contributed by atoms with Crippen LogP contribution in [0.15, 0.2) is 71.7 Å². The van der Waals surface area contributed by atoms with Gasteiger partial charge in [0.25, 0.3) is 0 Å². The van der Waals surface area contributed by atoms with E-state index in [-0.39, 0.29) is 11.2 Å². The highest BCUT2D eigenvalue weighted by atomic mass is 19.1. The van der Waals surface area contributed by atoms with Crippen molar-refractivity contribution in [3.05, 3.63) is 94.3 Å². The van der Waals surface area contributed by atoms with Crippen LogP contribution in [0.1, 0.15) is 11.1 Å². The molecule has 35 heavy (non-hydrogen) atoms. The molecule has 0 saturated carbocycles. The Balaban J connectivity index is 1.40. The smallest absolute Gasteiger partial charge is 0.306 e. The van der Waals surface area contributed by atoms with Crippen molar-refractivity contribution in [1.29, 1.82) is 5.26 Å². The van der Waals surface area contributed by atoms with E-state index in [1.54, 1.807) is 33.8 Å². The molecule has 3 aromatic carbocycles. The number of aromatic nitrogens is 7. The fourth-order valence-electron chi connectivity index (χ4n) is 4.20. The highest BCUT2D eigenvalue weighted by Crippen LogP contribution is 2.28. The van der Waals surface area contributed by atoms with Gasteiger partial charge in [-0.25, -0.2) is 13.9 Å². The Kier molecular flexibility index (Phi) is 4.74. The number of nitrogens with zero attached hydrogens (tertiary/aromatic N) is 6. The van der Waals surface area contributed by atoms with E-state index in [2.05, 4.69) is 31.4 Å². The average Bonchev–Trinajstić information content (AvgIpc) is 3.57. The molecule has 0 aliphatic heterocycles. The zero-order valence-corrected chi connectivity index (χ0v) is 18.2. The van der Waals surface area contributed by atoms with Crippen LogP contribution in [-0.2, 0) is 13.0 Å². The largest absolute Gasteiger partial charge is 0.323 e. The summed E-state index contributed by atoms with van der Waals surface area (Å²) in [5.41, 5.74) is 5.59. The molecule has 0 amide bonds. The van der Waals surface area contributed by atoms with E-state index in [4.69, 9.17) is 5.26 Å². The van der Waals surface area contributed by atoms with Crippen molar-refractivity contribution >= 4 is 22.1 Å². The SMILES string of the molecule is N#CCc1ccc(Cn2nccc2-c2cc(F)c3nnn(-c4ccc5[nH]c(=O)[nH]c5c4)c3c2)cc1. The number of hydrogen-bond acceptors (Lipinski definition) is 5. The molecule has 0 saturated heterocycles. The van der Waals surface area contributed by atoms with Crippen molar-refractivity contribution in [2.75, 3.05) is 0 Å². The molecular formula is C25H17FN8O. The summed E-state index contributed by atoms with van der Waals surface area (Å²) in [5, 5.41) is 21.5. The number of halogens is 1. The summed E-state index contributed by atoms with van der Waals surface area (Å²) < 4.78 is 18.4. The summed E-state index contributed by atoms with van der Waals surface area (Å²) in [5.74, 6) is -0.492. The first-order valence-electron chi connectivity index (χ1n) is 10.8. The summed E-state index contributed by atoms with van der Waals surface area (Å²) in [6, 6.07) is 20.3. The molecule has 0 aliphatic rings. The molecule has 3 aromatic heterocycles. The van der Waals surface area contributed by atoms with Gasteiger partial charge < -0.3 is 9.97 Å². The number of rotatable bonds is 5. The molecule has 10 heteroatoms. The lowest BCUT2D eigenvalue weighted by Gasteiger charge is -2.10. The van der Waals surface area contributed by atoms with Crippen molar-refractivity contribution in [3.8, 4) is 23.0 Å². The van der Waals surface area contributed by atoms with Crippen LogP contribution in [0.2, 0.25) is 0 Å². The van der Waals surface area contributed by atoms with Gasteiger partial charge in [-0.2, -0.15) is 10.4 Å². The van der Waals surface area contributed by atoms with E-state index in [0.29, 0.717) is 40.8 Å². The number of imidazole rings is 1. The number of hydrogen-bond donors (Lipinski definition) is 2. The first-order valence-corrected chi connectivity index (χ1v) is 10.8. The maximum atomic E-state index is 15.1. The molecule has 9 nitrogen and oxygen atoms in total. The van der Waals surface area contributed by atoms with Gasteiger partial charge >= 0.3 is 5.69 Å². The lowest BCUT2D eigenvalue weighted by atomic mass is 10.1. The maximum absolute atomic E-state index is 15.1. The van der Waals surface area contributed by atoms with E-state index in [9.17, 15) is 4.79 Å². The van der Waals surface area contributed by atoms with Gasteiger partial charge in [-0.05, 0) is 47.5 Å². The molecule has 3 heterocycles. The van der Waals surface area contributed by atoms with Gasteiger partial charge in [-0.15, -0.1) is 5.10 Å². The summed E-state index contributed by atoms with van der Waals surface area (Å²) >= 11 is 0. The predicted molar refractivity (Wildman–Crippen MR) is 127 cm³/mol. The first kappa shape index (κ1) is 20.6. The third-order valence-electron chi connectivity index (χ3n) is 5.90. The number of fused-ring (bicyclic) bond motifs is 2. The molecular weight excluding hydrogens is 447 g/mol. The second kappa shape index (κ2) is 8.07. The normalized spacial score (nSPS) is 11.3. The average molecular weight is 464 g/mol. The zero-order chi connectivity index (χ0) is 23.9.